The highest BCUT2D eigenvalue weighted by Crippen LogP contribution is 2.09. The van der Waals surface area contributed by atoms with Crippen molar-refractivity contribution < 1.29 is 9.59 Å². The van der Waals surface area contributed by atoms with E-state index in [2.05, 4.69) is 5.43 Å². The molecule has 1 aliphatic heterocycles. The Hall–Kier alpha value is -1.30. The second kappa shape index (κ2) is 6.44. The number of rotatable bonds is 3. The van der Waals surface area contributed by atoms with Crippen molar-refractivity contribution in [2.45, 2.75) is 19.3 Å². The van der Waals surface area contributed by atoms with Crippen molar-refractivity contribution in [3.63, 3.8) is 0 Å². The molecule has 6 nitrogen and oxygen atoms in total. The van der Waals surface area contributed by atoms with E-state index in [1.165, 1.54) is 16.3 Å². The lowest BCUT2D eigenvalue weighted by molar-refractivity contribution is -0.128. The third-order valence-electron chi connectivity index (χ3n) is 2.88. The number of likely N-dealkylation sites (tertiary alicyclic amines) is 1. The quantitative estimate of drug-likeness (QED) is 0.715. The molecule has 0 aromatic heterocycles. The average Bonchev–Trinajstić information content (AvgIpc) is 2.35. The molecule has 0 saturated carbocycles. The van der Waals surface area contributed by atoms with Crippen LogP contribution in [0.3, 0.4) is 0 Å². The number of nitrogens with zero attached hydrogens (tertiary/aromatic N) is 3. The Balaban J connectivity index is 2.33. The van der Waals surface area contributed by atoms with Gasteiger partial charge in [-0.3, -0.25) is 9.80 Å². The first-order valence-corrected chi connectivity index (χ1v) is 5.98. The number of hydrazine groups is 1. The molecule has 0 unspecified atom stereocenters. The van der Waals surface area contributed by atoms with E-state index in [0.29, 0.717) is 0 Å². The van der Waals surface area contributed by atoms with Crippen LogP contribution in [-0.4, -0.2) is 67.5 Å². The van der Waals surface area contributed by atoms with Crippen LogP contribution in [0.2, 0.25) is 0 Å². The summed E-state index contributed by atoms with van der Waals surface area (Å²) in [6.45, 7) is 1.77. The van der Waals surface area contributed by atoms with Crippen LogP contribution in [0.25, 0.3) is 0 Å². The maximum Gasteiger partial charge on any atom is 0.334 e. The molecule has 3 amide bonds. The van der Waals surface area contributed by atoms with Crippen LogP contribution < -0.4 is 5.43 Å². The maximum absolute atomic E-state index is 11.9. The van der Waals surface area contributed by atoms with Crippen LogP contribution in [0.15, 0.2) is 0 Å². The molecular formula is C11H22N4O2. The zero-order valence-electron chi connectivity index (χ0n) is 10.9. The van der Waals surface area contributed by atoms with Gasteiger partial charge in [-0.15, -0.1) is 0 Å². The van der Waals surface area contributed by atoms with E-state index in [-0.39, 0.29) is 18.5 Å². The van der Waals surface area contributed by atoms with Crippen molar-refractivity contribution >= 4 is 11.9 Å². The third-order valence-corrected chi connectivity index (χ3v) is 2.88. The van der Waals surface area contributed by atoms with Crippen molar-refractivity contribution in [3.8, 4) is 0 Å². The van der Waals surface area contributed by atoms with Gasteiger partial charge in [0.05, 0.1) is 6.54 Å². The number of hydrogen-bond donors (Lipinski definition) is 1. The highest BCUT2D eigenvalue weighted by Gasteiger charge is 2.20. The molecule has 0 atom stereocenters. The standard InChI is InChI=1S/C11H22N4O2/c1-13(2)10(16)9-12-14(3)11(17)15-7-5-4-6-8-15/h12H,4-9H2,1-3H3. The fourth-order valence-corrected chi connectivity index (χ4v) is 1.71. The summed E-state index contributed by atoms with van der Waals surface area (Å²) in [7, 11) is 5.03. The Morgan fingerprint density at radius 2 is 1.71 bits per heavy atom. The lowest BCUT2D eigenvalue weighted by Gasteiger charge is -2.31. The van der Waals surface area contributed by atoms with Gasteiger partial charge >= 0.3 is 6.03 Å². The first-order chi connectivity index (χ1) is 8.02. The van der Waals surface area contributed by atoms with Crippen LogP contribution in [0.1, 0.15) is 19.3 Å². The largest absolute Gasteiger partial charge is 0.348 e. The van der Waals surface area contributed by atoms with E-state index in [1.54, 1.807) is 21.1 Å². The minimum Gasteiger partial charge on any atom is -0.348 e. The van der Waals surface area contributed by atoms with Crippen LogP contribution in [0.5, 0.6) is 0 Å². The van der Waals surface area contributed by atoms with Crippen molar-refractivity contribution in [3.05, 3.63) is 0 Å². The predicted molar refractivity (Wildman–Crippen MR) is 65.3 cm³/mol. The van der Waals surface area contributed by atoms with E-state index in [4.69, 9.17) is 0 Å². The molecule has 0 aromatic rings. The van der Waals surface area contributed by atoms with E-state index >= 15 is 0 Å². The number of urea groups is 1. The minimum atomic E-state index is -0.0590. The van der Waals surface area contributed by atoms with Crippen molar-refractivity contribution in [2.24, 2.45) is 0 Å². The molecule has 1 saturated heterocycles. The number of nitrogens with one attached hydrogen (secondary N) is 1. The number of hydrogen-bond acceptors (Lipinski definition) is 3. The van der Waals surface area contributed by atoms with E-state index in [0.717, 1.165) is 25.9 Å². The van der Waals surface area contributed by atoms with Crippen LogP contribution in [0, 0.1) is 0 Å². The lowest BCUT2D eigenvalue weighted by atomic mass is 10.1. The number of amides is 3. The van der Waals surface area contributed by atoms with Gasteiger partial charge in [0.15, 0.2) is 0 Å². The predicted octanol–water partition coefficient (Wildman–Crippen LogP) is 0.117. The van der Waals surface area contributed by atoms with Gasteiger partial charge in [-0.1, -0.05) is 0 Å². The Kier molecular flexibility index (Phi) is 5.21. The fourth-order valence-electron chi connectivity index (χ4n) is 1.71. The zero-order chi connectivity index (χ0) is 12.8. The van der Waals surface area contributed by atoms with E-state index in [9.17, 15) is 9.59 Å². The molecular weight excluding hydrogens is 220 g/mol. The second-order valence-electron chi connectivity index (χ2n) is 4.51. The normalized spacial score (nSPS) is 15.6. The monoisotopic (exact) mass is 242 g/mol. The van der Waals surface area contributed by atoms with Gasteiger partial charge in [0.1, 0.15) is 0 Å². The Bertz CT molecular complexity index is 275. The van der Waals surface area contributed by atoms with Crippen LogP contribution in [0.4, 0.5) is 4.79 Å². The molecule has 1 N–H and O–H groups in total. The Labute approximate surface area is 103 Å². The van der Waals surface area contributed by atoms with Crippen molar-refractivity contribution in [1.82, 2.24) is 20.2 Å². The molecule has 0 aliphatic carbocycles. The highest BCUT2D eigenvalue weighted by molar-refractivity contribution is 5.78. The smallest absolute Gasteiger partial charge is 0.334 e. The minimum absolute atomic E-state index is 0.0525. The van der Waals surface area contributed by atoms with Crippen LogP contribution >= 0.6 is 0 Å². The number of carbonyl (C=O) groups excluding carboxylic acids is 2. The highest BCUT2D eigenvalue weighted by atomic mass is 16.2. The van der Waals surface area contributed by atoms with Gasteiger partial charge in [0.25, 0.3) is 0 Å². The van der Waals surface area contributed by atoms with Crippen molar-refractivity contribution in [2.75, 3.05) is 40.8 Å². The molecule has 1 aliphatic rings. The summed E-state index contributed by atoms with van der Waals surface area (Å²) >= 11 is 0. The second-order valence-corrected chi connectivity index (χ2v) is 4.51. The summed E-state index contributed by atoms with van der Waals surface area (Å²) in [6.07, 6.45) is 3.33. The molecule has 6 heteroatoms. The molecule has 17 heavy (non-hydrogen) atoms. The number of piperidine rings is 1. The molecule has 1 heterocycles. The molecule has 1 fully saturated rings. The zero-order valence-corrected chi connectivity index (χ0v) is 10.9. The van der Waals surface area contributed by atoms with Gasteiger partial charge < -0.3 is 9.80 Å². The van der Waals surface area contributed by atoms with Crippen molar-refractivity contribution in [1.29, 1.82) is 0 Å². The van der Waals surface area contributed by atoms with Gasteiger partial charge in [0.2, 0.25) is 5.91 Å². The third kappa shape index (κ3) is 4.22. The van der Waals surface area contributed by atoms with E-state index < -0.39 is 0 Å². The summed E-state index contributed by atoms with van der Waals surface area (Å²) in [5.41, 5.74) is 2.81. The Morgan fingerprint density at radius 1 is 1.12 bits per heavy atom. The Morgan fingerprint density at radius 3 is 2.24 bits per heavy atom. The number of carbonyl (C=O) groups is 2. The first-order valence-electron chi connectivity index (χ1n) is 5.98. The van der Waals surface area contributed by atoms with Gasteiger partial charge in [-0.25, -0.2) is 10.2 Å². The summed E-state index contributed by atoms with van der Waals surface area (Å²) in [5, 5.41) is 1.40. The van der Waals surface area contributed by atoms with Crippen LogP contribution in [-0.2, 0) is 4.79 Å². The summed E-state index contributed by atoms with van der Waals surface area (Å²) < 4.78 is 0. The molecule has 0 spiro atoms. The van der Waals surface area contributed by atoms with Gasteiger partial charge in [0, 0.05) is 34.2 Å². The molecule has 0 radical (unpaired) electrons. The SMILES string of the molecule is CN(C)C(=O)CNN(C)C(=O)N1CCCCC1. The van der Waals surface area contributed by atoms with Gasteiger partial charge in [-0.05, 0) is 19.3 Å². The maximum atomic E-state index is 11.9. The first kappa shape index (κ1) is 13.8. The lowest BCUT2D eigenvalue weighted by Crippen LogP contribution is -2.51. The molecule has 1 rings (SSSR count). The fraction of sp³-hybridized carbons (Fsp3) is 0.818. The summed E-state index contributed by atoms with van der Waals surface area (Å²) in [5.74, 6) is -0.0525. The topological polar surface area (TPSA) is 55.9 Å². The molecule has 98 valence electrons. The van der Waals surface area contributed by atoms with E-state index in [1.807, 2.05) is 4.90 Å². The summed E-state index contributed by atoms with van der Waals surface area (Å²) in [6, 6.07) is -0.0590. The molecule has 0 bridgehead atoms. The molecule has 0 aromatic carbocycles. The summed E-state index contributed by atoms with van der Waals surface area (Å²) in [4.78, 5) is 26.6. The number of likely N-dealkylation sites (N-methyl/N-ethyl adjacent to an activating group) is 1. The van der Waals surface area contributed by atoms with Gasteiger partial charge in [-0.2, -0.15) is 0 Å². The average molecular weight is 242 g/mol.